The molecule has 1 amide bonds. The van der Waals surface area contributed by atoms with Crippen LogP contribution in [0.3, 0.4) is 0 Å². The highest BCUT2D eigenvalue weighted by molar-refractivity contribution is 5.76. The first kappa shape index (κ1) is 15.5. The van der Waals surface area contributed by atoms with Crippen molar-refractivity contribution in [1.29, 1.82) is 0 Å². The minimum Gasteiger partial charge on any atom is -0.497 e. The fourth-order valence-corrected chi connectivity index (χ4v) is 1.79. The van der Waals surface area contributed by atoms with Crippen LogP contribution in [0.15, 0.2) is 24.3 Å². The highest BCUT2D eigenvalue weighted by atomic mass is 16.5. The molecule has 0 saturated heterocycles. The molecule has 0 aromatic heterocycles. The van der Waals surface area contributed by atoms with Crippen molar-refractivity contribution in [3.05, 3.63) is 29.8 Å². The molecule has 4 heteroatoms. The first-order valence-electron chi connectivity index (χ1n) is 6.60. The van der Waals surface area contributed by atoms with E-state index in [0.717, 1.165) is 11.3 Å². The van der Waals surface area contributed by atoms with Crippen molar-refractivity contribution >= 4 is 5.91 Å². The molecule has 0 aliphatic heterocycles. The van der Waals surface area contributed by atoms with Crippen LogP contribution in [-0.4, -0.2) is 30.8 Å². The molecule has 1 rings (SSSR count). The summed E-state index contributed by atoms with van der Waals surface area (Å²) in [5.41, 5.74) is 1.07. The Morgan fingerprint density at radius 1 is 1.42 bits per heavy atom. The molecule has 1 atom stereocenters. The number of aliphatic hydroxyl groups excluding tert-OH is 1. The van der Waals surface area contributed by atoms with Crippen molar-refractivity contribution in [3.63, 3.8) is 0 Å². The number of aryl methyl sites for hydroxylation is 1. The van der Waals surface area contributed by atoms with Crippen molar-refractivity contribution in [2.45, 2.75) is 32.7 Å². The number of rotatable bonds is 7. The van der Waals surface area contributed by atoms with Crippen molar-refractivity contribution < 1.29 is 14.6 Å². The average Bonchev–Trinajstić information content (AvgIpc) is 2.42. The summed E-state index contributed by atoms with van der Waals surface area (Å²) in [4.78, 5) is 11.8. The first-order valence-corrected chi connectivity index (χ1v) is 6.60. The molecular formula is C15H23NO3. The van der Waals surface area contributed by atoms with Crippen molar-refractivity contribution in [2.75, 3.05) is 13.7 Å². The molecule has 0 aliphatic rings. The lowest BCUT2D eigenvalue weighted by Gasteiger charge is -2.19. The van der Waals surface area contributed by atoms with E-state index >= 15 is 0 Å². The Kier molecular flexibility index (Phi) is 6.36. The molecule has 1 aromatic rings. The second-order valence-corrected chi connectivity index (χ2v) is 4.95. The zero-order chi connectivity index (χ0) is 14.3. The lowest BCUT2D eigenvalue weighted by molar-refractivity contribution is -0.122. The van der Waals surface area contributed by atoms with Gasteiger partial charge in [0, 0.05) is 6.42 Å². The van der Waals surface area contributed by atoms with E-state index in [1.807, 2.05) is 38.1 Å². The first-order chi connectivity index (χ1) is 9.06. The van der Waals surface area contributed by atoms with Crippen LogP contribution in [-0.2, 0) is 11.2 Å². The lowest BCUT2D eigenvalue weighted by Crippen LogP contribution is -2.41. The molecule has 4 nitrogen and oxygen atoms in total. The van der Waals surface area contributed by atoms with Crippen molar-refractivity contribution in [3.8, 4) is 5.75 Å². The van der Waals surface area contributed by atoms with Gasteiger partial charge in [0.1, 0.15) is 5.75 Å². The van der Waals surface area contributed by atoms with E-state index in [-0.39, 0.29) is 24.5 Å². The molecular weight excluding hydrogens is 242 g/mol. The summed E-state index contributed by atoms with van der Waals surface area (Å²) >= 11 is 0. The van der Waals surface area contributed by atoms with Gasteiger partial charge in [0.25, 0.3) is 0 Å². The summed E-state index contributed by atoms with van der Waals surface area (Å²) < 4.78 is 5.14. The molecule has 0 fully saturated rings. The Labute approximate surface area is 114 Å². The summed E-state index contributed by atoms with van der Waals surface area (Å²) in [5.74, 6) is 0.995. The SMILES string of the molecule is COc1cccc(CCC(=O)NC(CO)C(C)C)c1. The number of benzene rings is 1. The Hall–Kier alpha value is -1.55. The van der Waals surface area contributed by atoms with Crippen LogP contribution in [0.1, 0.15) is 25.8 Å². The fourth-order valence-electron chi connectivity index (χ4n) is 1.79. The Morgan fingerprint density at radius 3 is 2.74 bits per heavy atom. The molecule has 0 radical (unpaired) electrons. The minimum atomic E-state index is -0.169. The number of carbonyl (C=O) groups excluding carboxylic acids is 1. The van der Waals surface area contributed by atoms with Gasteiger partial charge in [-0.1, -0.05) is 26.0 Å². The molecule has 2 N–H and O–H groups in total. The number of hydrogen-bond donors (Lipinski definition) is 2. The van der Waals surface area contributed by atoms with Gasteiger partial charge in [-0.15, -0.1) is 0 Å². The predicted octanol–water partition coefficient (Wildman–Crippen LogP) is 1.76. The Morgan fingerprint density at radius 2 is 2.16 bits per heavy atom. The molecule has 0 heterocycles. The highest BCUT2D eigenvalue weighted by Crippen LogP contribution is 2.14. The van der Waals surface area contributed by atoms with Gasteiger partial charge in [0.05, 0.1) is 19.8 Å². The summed E-state index contributed by atoms with van der Waals surface area (Å²) in [6, 6.07) is 7.53. The van der Waals surface area contributed by atoms with Crippen LogP contribution in [0.4, 0.5) is 0 Å². The molecule has 0 bridgehead atoms. The quantitative estimate of drug-likeness (QED) is 0.790. The molecule has 0 saturated carbocycles. The third-order valence-electron chi connectivity index (χ3n) is 3.12. The summed E-state index contributed by atoms with van der Waals surface area (Å²) in [7, 11) is 1.63. The Bertz CT molecular complexity index is 404. The number of aliphatic hydroxyl groups is 1. The van der Waals surface area contributed by atoms with E-state index in [1.54, 1.807) is 7.11 Å². The Balaban J connectivity index is 2.45. The molecule has 0 aliphatic carbocycles. The second kappa shape index (κ2) is 7.79. The van der Waals surface area contributed by atoms with E-state index in [0.29, 0.717) is 12.8 Å². The maximum atomic E-state index is 11.8. The maximum absolute atomic E-state index is 11.8. The monoisotopic (exact) mass is 265 g/mol. The van der Waals surface area contributed by atoms with Gasteiger partial charge in [-0.25, -0.2) is 0 Å². The topological polar surface area (TPSA) is 58.6 Å². The van der Waals surface area contributed by atoms with Crippen molar-refractivity contribution in [1.82, 2.24) is 5.32 Å². The van der Waals surface area contributed by atoms with E-state index < -0.39 is 0 Å². The van der Waals surface area contributed by atoms with Gasteiger partial charge < -0.3 is 15.2 Å². The number of carbonyl (C=O) groups is 1. The maximum Gasteiger partial charge on any atom is 0.220 e. The van der Waals surface area contributed by atoms with Gasteiger partial charge in [-0.3, -0.25) is 4.79 Å². The van der Waals surface area contributed by atoms with E-state index in [9.17, 15) is 4.79 Å². The molecule has 106 valence electrons. The average molecular weight is 265 g/mol. The van der Waals surface area contributed by atoms with Crippen molar-refractivity contribution in [2.24, 2.45) is 5.92 Å². The number of amides is 1. The van der Waals surface area contributed by atoms with Crippen LogP contribution >= 0.6 is 0 Å². The molecule has 19 heavy (non-hydrogen) atoms. The second-order valence-electron chi connectivity index (χ2n) is 4.95. The summed E-state index contributed by atoms with van der Waals surface area (Å²) in [5, 5.41) is 12.0. The third-order valence-corrected chi connectivity index (χ3v) is 3.12. The fraction of sp³-hybridized carbons (Fsp3) is 0.533. The minimum absolute atomic E-state index is 0.0252. The molecule has 0 spiro atoms. The van der Waals surface area contributed by atoms with Crippen LogP contribution in [0.5, 0.6) is 5.75 Å². The predicted molar refractivity (Wildman–Crippen MR) is 75.2 cm³/mol. The van der Waals surface area contributed by atoms with Crippen LogP contribution in [0.25, 0.3) is 0 Å². The largest absolute Gasteiger partial charge is 0.497 e. The zero-order valence-corrected chi connectivity index (χ0v) is 11.8. The summed E-state index contributed by atoms with van der Waals surface area (Å²) in [6.07, 6.45) is 1.08. The van der Waals surface area contributed by atoms with Gasteiger partial charge in [-0.2, -0.15) is 0 Å². The molecule has 1 aromatic carbocycles. The van der Waals surface area contributed by atoms with Crippen LogP contribution in [0, 0.1) is 5.92 Å². The number of ether oxygens (including phenoxy) is 1. The van der Waals surface area contributed by atoms with Crippen LogP contribution < -0.4 is 10.1 Å². The third kappa shape index (κ3) is 5.30. The number of nitrogens with one attached hydrogen (secondary N) is 1. The van der Waals surface area contributed by atoms with E-state index in [2.05, 4.69) is 5.32 Å². The number of hydrogen-bond acceptors (Lipinski definition) is 3. The number of methoxy groups -OCH3 is 1. The highest BCUT2D eigenvalue weighted by Gasteiger charge is 2.14. The van der Waals surface area contributed by atoms with Gasteiger partial charge in [0.2, 0.25) is 5.91 Å². The smallest absolute Gasteiger partial charge is 0.220 e. The lowest BCUT2D eigenvalue weighted by atomic mass is 10.0. The van der Waals surface area contributed by atoms with Gasteiger partial charge in [-0.05, 0) is 30.0 Å². The van der Waals surface area contributed by atoms with Gasteiger partial charge >= 0.3 is 0 Å². The van der Waals surface area contributed by atoms with Crippen LogP contribution in [0.2, 0.25) is 0 Å². The van der Waals surface area contributed by atoms with E-state index in [4.69, 9.17) is 9.84 Å². The van der Waals surface area contributed by atoms with E-state index in [1.165, 1.54) is 0 Å². The summed E-state index contributed by atoms with van der Waals surface area (Å²) in [6.45, 7) is 3.93. The zero-order valence-electron chi connectivity index (χ0n) is 11.8. The standard InChI is InChI=1S/C15H23NO3/c1-11(2)14(10-17)16-15(18)8-7-12-5-4-6-13(9-12)19-3/h4-6,9,11,14,17H,7-8,10H2,1-3H3,(H,16,18). The van der Waals surface area contributed by atoms with Gasteiger partial charge in [0.15, 0.2) is 0 Å². The molecule has 1 unspecified atom stereocenters. The normalized spacial score (nSPS) is 12.3.